The van der Waals surface area contributed by atoms with Gasteiger partial charge in [-0.05, 0) is 5.56 Å². The van der Waals surface area contributed by atoms with Crippen LogP contribution in [0.5, 0.6) is 0 Å². The third-order valence-electron chi connectivity index (χ3n) is 4.90. The molecular weight excluding hydrogens is 294 g/mol. The minimum absolute atomic E-state index is 0.123. The van der Waals surface area contributed by atoms with Crippen LogP contribution in [-0.2, 0) is 14.3 Å². The number of aliphatic carboxylic acids is 1. The lowest BCUT2D eigenvalue weighted by molar-refractivity contribution is -0.147. The summed E-state index contributed by atoms with van der Waals surface area (Å²) in [7, 11) is 0. The zero-order valence-corrected chi connectivity index (χ0v) is 12.5. The Bertz CT molecular complexity index is 711. The molecule has 0 saturated carbocycles. The molecule has 2 bridgehead atoms. The van der Waals surface area contributed by atoms with Crippen LogP contribution in [0.4, 0.5) is 0 Å². The predicted octanol–water partition coefficient (Wildman–Crippen LogP) is 1.57. The van der Waals surface area contributed by atoms with Crippen LogP contribution in [0.25, 0.3) is 6.08 Å². The highest BCUT2D eigenvalue weighted by molar-refractivity contribution is 5.90. The molecule has 0 radical (unpaired) electrons. The molecule has 4 rings (SSSR count). The van der Waals surface area contributed by atoms with Gasteiger partial charge in [0.15, 0.2) is 0 Å². The highest BCUT2D eigenvalue weighted by Crippen LogP contribution is 2.51. The second kappa shape index (κ2) is 5.06. The molecule has 1 N–H and O–H groups in total. The summed E-state index contributed by atoms with van der Waals surface area (Å²) in [5, 5.41) is 9.41. The fourth-order valence-corrected chi connectivity index (χ4v) is 3.89. The number of hydrogen-bond acceptors (Lipinski definition) is 3. The molecular formula is C18H17NO4. The lowest BCUT2D eigenvalue weighted by Crippen LogP contribution is -2.39. The van der Waals surface area contributed by atoms with Gasteiger partial charge >= 0.3 is 5.97 Å². The van der Waals surface area contributed by atoms with Crippen molar-refractivity contribution in [3.8, 4) is 0 Å². The number of carbonyl (C=O) groups excluding carboxylic acids is 1. The first-order valence-electron chi connectivity index (χ1n) is 7.71. The number of carbonyl (C=O) groups is 2. The Kier molecular flexibility index (Phi) is 3.13. The van der Waals surface area contributed by atoms with Gasteiger partial charge in [0.05, 0.1) is 18.6 Å². The fourth-order valence-electron chi connectivity index (χ4n) is 3.89. The molecule has 2 saturated heterocycles. The lowest BCUT2D eigenvalue weighted by atomic mass is 9.77. The molecule has 5 nitrogen and oxygen atoms in total. The van der Waals surface area contributed by atoms with Gasteiger partial charge in [-0.15, -0.1) is 0 Å². The number of amides is 1. The summed E-state index contributed by atoms with van der Waals surface area (Å²) >= 11 is 0. The summed E-state index contributed by atoms with van der Waals surface area (Å²) in [6.45, 7) is 0.882. The highest BCUT2D eigenvalue weighted by Gasteiger charge is 2.66. The third kappa shape index (κ3) is 2.11. The molecule has 1 amide bonds. The van der Waals surface area contributed by atoms with Crippen LogP contribution >= 0.6 is 0 Å². The molecule has 1 spiro atoms. The highest BCUT2D eigenvalue weighted by atomic mass is 16.5. The van der Waals surface area contributed by atoms with E-state index in [9.17, 15) is 14.7 Å². The van der Waals surface area contributed by atoms with Gasteiger partial charge in [-0.1, -0.05) is 54.6 Å². The Balaban J connectivity index is 1.51. The van der Waals surface area contributed by atoms with Gasteiger partial charge in [0, 0.05) is 6.54 Å². The molecule has 0 aromatic heterocycles. The van der Waals surface area contributed by atoms with Crippen molar-refractivity contribution in [3.63, 3.8) is 0 Å². The van der Waals surface area contributed by atoms with Gasteiger partial charge in [0.25, 0.3) is 0 Å². The van der Waals surface area contributed by atoms with Crippen molar-refractivity contribution in [1.29, 1.82) is 0 Å². The van der Waals surface area contributed by atoms with Crippen LogP contribution in [0, 0.1) is 11.8 Å². The number of hydrogen-bond donors (Lipinski definition) is 1. The summed E-state index contributed by atoms with van der Waals surface area (Å²) in [4.78, 5) is 25.8. The van der Waals surface area contributed by atoms with Crippen molar-refractivity contribution in [2.24, 2.45) is 11.8 Å². The van der Waals surface area contributed by atoms with E-state index in [-0.39, 0.29) is 5.91 Å². The molecule has 5 heteroatoms. The monoisotopic (exact) mass is 311 g/mol. The van der Waals surface area contributed by atoms with Gasteiger partial charge < -0.3 is 14.7 Å². The Morgan fingerprint density at radius 2 is 2.17 bits per heavy atom. The molecule has 4 atom stereocenters. The molecule has 1 aromatic carbocycles. The van der Waals surface area contributed by atoms with E-state index in [4.69, 9.17) is 4.74 Å². The number of carboxylic acid groups (broad SMARTS) is 1. The maximum absolute atomic E-state index is 12.6. The third-order valence-corrected chi connectivity index (χ3v) is 4.90. The molecule has 0 unspecified atom stereocenters. The van der Waals surface area contributed by atoms with Gasteiger partial charge in [-0.3, -0.25) is 9.59 Å². The number of rotatable bonds is 4. The standard InChI is InChI=1S/C18H17NO4/c20-16-15-14(17(21)22)13-8-9-18(15,23-13)11-19(16)10-4-7-12-5-2-1-3-6-12/h1-9,13-15H,10-11H2,(H,21,22)/b7-4+/t13-,14+,15+,18-/m0/s1. The second-order valence-electron chi connectivity index (χ2n) is 6.27. The van der Waals surface area contributed by atoms with Crippen LogP contribution in [0.15, 0.2) is 48.6 Å². The van der Waals surface area contributed by atoms with Crippen LogP contribution in [0.1, 0.15) is 5.56 Å². The second-order valence-corrected chi connectivity index (χ2v) is 6.27. The summed E-state index contributed by atoms with van der Waals surface area (Å²) in [5.41, 5.74) is 0.323. The fraction of sp³-hybridized carbons (Fsp3) is 0.333. The largest absolute Gasteiger partial charge is 0.481 e. The summed E-state index contributed by atoms with van der Waals surface area (Å²) < 4.78 is 5.84. The molecule has 3 heterocycles. The number of carboxylic acids is 1. The zero-order valence-electron chi connectivity index (χ0n) is 12.5. The van der Waals surface area contributed by atoms with Gasteiger partial charge in [-0.2, -0.15) is 0 Å². The number of fused-ring (bicyclic) bond motifs is 1. The van der Waals surface area contributed by atoms with E-state index in [0.29, 0.717) is 13.1 Å². The van der Waals surface area contributed by atoms with Crippen molar-refractivity contribution in [1.82, 2.24) is 4.90 Å². The summed E-state index contributed by atoms with van der Waals surface area (Å²) in [6, 6.07) is 9.85. The lowest BCUT2D eigenvalue weighted by Gasteiger charge is -2.21. The first-order valence-corrected chi connectivity index (χ1v) is 7.71. The average molecular weight is 311 g/mol. The van der Waals surface area contributed by atoms with Gasteiger partial charge in [0.1, 0.15) is 11.5 Å². The molecule has 23 heavy (non-hydrogen) atoms. The quantitative estimate of drug-likeness (QED) is 0.857. The minimum atomic E-state index is -0.957. The Labute approximate surface area is 133 Å². The molecule has 118 valence electrons. The predicted molar refractivity (Wildman–Crippen MR) is 83.4 cm³/mol. The normalized spacial score (nSPS) is 34.5. The number of benzene rings is 1. The molecule has 1 aromatic rings. The Morgan fingerprint density at radius 1 is 1.39 bits per heavy atom. The van der Waals surface area contributed by atoms with Crippen molar-refractivity contribution in [2.75, 3.05) is 13.1 Å². The average Bonchev–Trinajstić information content (AvgIpc) is 3.17. The van der Waals surface area contributed by atoms with Crippen molar-refractivity contribution < 1.29 is 19.4 Å². The maximum atomic E-state index is 12.6. The summed E-state index contributed by atoms with van der Waals surface area (Å²) in [6.07, 6.45) is 7.08. The Morgan fingerprint density at radius 3 is 2.91 bits per heavy atom. The van der Waals surface area contributed by atoms with E-state index in [0.717, 1.165) is 5.56 Å². The van der Waals surface area contributed by atoms with E-state index in [1.165, 1.54) is 0 Å². The van der Waals surface area contributed by atoms with E-state index in [1.54, 1.807) is 11.0 Å². The topological polar surface area (TPSA) is 66.8 Å². The van der Waals surface area contributed by atoms with Crippen LogP contribution in [0.2, 0.25) is 0 Å². The van der Waals surface area contributed by atoms with E-state index in [2.05, 4.69) is 0 Å². The van der Waals surface area contributed by atoms with E-state index >= 15 is 0 Å². The molecule has 3 aliphatic rings. The molecule has 2 fully saturated rings. The van der Waals surface area contributed by atoms with E-state index < -0.39 is 29.5 Å². The van der Waals surface area contributed by atoms with Crippen molar-refractivity contribution >= 4 is 18.0 Å². The SMILES string of the molecule is O=C(O)[C@@H]1[C@@H]2C=C[C@@]3(CN(C/C=C/c4ccccc4)C(=O)[C@@H]13)O2. The molecule has 0 aliphatic carbocycles. The minimum Gasteiger partial charge on any atom is -0.481 e. The van der Waals surface area contributed by atoms with Crippen LogP contribution in [-0.4, -0.2) is 46.7 Å². The first kappa shape index (κ1) is 14.2. The van der Waals surface area contributed by atoms with Crippen molar-refractivity contribution in [3.05, 3.63) is 54.1 Å². The van der Waals surface area contributed by atoms with E-state index in [1.807, 2.05) is 48.6 Å². The van der Waals surface area contributed by atoms with Crippen molar-refractivity contribution in [2.45, 2.75) is 11.7 Å². The Hall–Kier alpha value is -2.40. The van der Waals surface area contributed by atoms with Crippen LogP contribution < -0.4 is 0 Å². The number of nitrogens with zero attached hydrogens (tertiary/aromatic N) is 1. The maximum Gasteiger partial charge on any atom is 0.310 e. The number of ether oxygens (including phenoxy) is 1. The van der Waals surface area contributed by atoms with Crippen LogP contribution in [0.3, 0.4) is 0 Å². The first-order chi connectivity index (χ1) is 11.1. The summed E-state index contributed by atoms with van der Waals surface area (Å²) in [5.74, 6) is -2.45. The van der Waals surface area contributed by atoms with Gasteiger partial charge in [0.2, 0.25) is 5.91 Å². The molecule has 3 aliphatic heterocycles. The van der Waals surface area contributed by atoms with Gasteiger partial charge in [-0.25, -0.2) is 0 Å². The number of likely N-dealkylation sites (tertiary alicyclic amines) is 1. The smallest absolute Gasteiger partial charge is 0.310 e. The zero-order chi connectivity index (χ0) is 16.0.